The standard InChI is InChI=1S/C11H8ClNO4S/c12-18(16,17)7-8-1-3-9(4-2-8)13-10(14)5-6-11(13)15/h1-6H,7H2. The lowest BCUT2D eigenvalue weighted by Gasteiger charge is -2.13. The molecule has 0 bridgehead atoms. The number of benzene rings is 1. The summed E-state index contributed by atoms with van der Waals surface area (Å²) in [6, 6.07) is 6.02. The highest BCUT2D eigenvalue weighted by atomic mass is 35.7. The van der Waals surface area contributed by atoms with E-state index in [0.717, 1.165) is 4.90 Å². The summed E-state index contributed by atoms with van der Waals surface area (Å²) in [6.07, 6.45) is 2.36. The molecule has 0 saturated heterocycles. The van der Waals surface area contributed by atoms with E-state index in [0.29, 0.717) is 11.3 Å². The molecule has 1 aromatic rings. The minimum Gasteiger partial charge on any atom is -0.269 e. The van der Waals surface area contributed by atoms with Gasteiger partial charge in [-0.3, -0.25) is 9.59 Å². The summed E-state index contributed by atoms with van der Waals surface area (Å²) in [6.45, 7) is 0. The molecule has 1 aliphatic heterocycles. The molecule has 0 unspecified atom stereocenters. The Morgan fingerprint density at radius 3 is 1.94 bits per heavy atom. The number of hydrogen-bond acceptors (Lipinski definition) is 4. The Morgan fingerprint density at radius 2 is 1.50 bits per heavy atom. The SMILES string of the molecule is O=C1C=CC(=O)N1c1ccc(CS(=O)(=O)Cl)cc1. The van der Waals surface area contributed by atoms with Crippen molar-refractivity contribution in [1.29, 1.82) is 0 Å². The first-order valence-corrected chi connectivity index (χ1v) is 7.42. The highest BCUT2D eigenvalue weighted by molar-refractivity contribution is 8.13. The maximum Gasteiger partial charge on any atom is 0.258 e. The summed E-state index contributed by atoms with van der Waals surface area (Å²) in [5, 5.41) is 0. The van der Waals surface area contributed by atoms with Gasteiger partial charge in [-0.2, -0.15) is 0 Å². The maximum absolute atomic E-state index is 11.4. The van der Waals surface area contributed by atoms with Gasteiger partial charge in [0.15, 0.2) is 0 Å². The van der Waals surface area contributed by atoms with Crippen LogP contribution >= 0.6 is 10.7 Å². The van der Waals surface area contributed by atoms with Crippen molar-refractivity contribution in [2.24, 2.45) is 0 Å². The Labute approximate surface area is 108 Å². The van der Waals surface area contributed by atoms with Crippen molar-refractivity contribution in [3.63, 3.8) is 0 Å². The predicted octanol–water partition coefficient (Wildman–Crippen LogP) is 1.18. The first-order valence-electron chi connectivity index (χ1n) is 4.94. The Hall–Kier alpha value is -1.66. The van der Waals surface area contributed by atoms with Gasteiger partial charge in [0.2, 0.25) is 9.05 Å². The van der Waals surface area contributed by atoms with E-state index < -0.39 is 20.9 Å². The molecule has 94 valence electrons. The number of halogens is 1. The molecule has 0 radical (unpaired) electrons. The fourth-order valence-electron chi connectivity index (χ4n) is 1.60. The van der Waals surface area contributed by atoms with Crippen LogP contribution in [0.15, 0.2) is 36.4 Å². The third-order valence-electron chi connectivity index (χ3n) is 2.34. The van der Waals surface area contributed by atoms with E-state index in [9.17, 15) is 18.0 Å². The van der Waals surface area contributed by atoms with Gasteiger partial charge < -0.3 is 0 Å². The van der Waals surface area contributed by atoms with Crippen LogP contribution in [0.3, 0.4) is 0 Å². The second-order valence-electron chi connectivity index (χ2n) is 3.69. The Balaban J connectivity index is 2.23. The van der Waals surface area contributed by atoms with Crippen molar-refractivity contribution in [2.45, 2.75) is 5.75 Å². The number of rotatable bonds is 3. The lowest BCUT2D eigenvalue weighted by atomic mass is 10.2. The summed E-state index contributed by atoms with van der Waals surface area (Å²) < 4.78 is 21.8. The predicted molar refractivity (Wildman–Crippen MR) is 66.6 cm³/mol. The lowest BCUT2D eigenvalue weighted by Crippen LogP contribution is -2.29. The zero-order valence-corrected chi connectivity index (χ0v) is 10.6. The first-order chi connectivity index (χ1) is 8.37. The molecule has 0 aromatic heterocycles. The zero-order chi connectivity index (χ0) is 13.3. The van der Waals surface area contributed by atoms with Crippen molar-refractivity contribution in [3.8, 4) is 0 Å². The molecule has 1 aliphatic rings. The van der Waals surface area contributed by atoms with Crippen molar-refractivity contribution in [3.05, 3.63) is 42.0 Å². The van der Waals surface area contributed by atoms with Crippen LogP contribution in [0, 0.1) is 0 Å². The number of hydrogen-bond donors (Lipinski definition) is 0. The van der Waals surface area contributed by atoms with Crippen molar-refractivity contribution >= 4 is 37.2 Å². The minimum absolute atomic E-state index is 0.297. The van der Waals surface area contributed by atoms with Gasteiger partial charge >= 0.3 is 0 Å². The zero-order valence-electron chi connectivity index (χ0n) is 9.04. The highest BCUT2D eigenvalue weighted by Gasteiger charge is 2.24. The van der Waals surface area contributed by atoms with E-state index in [1.54, 1.807) is 0 Å². The summed E-state index contributed by atoms with van der Waals surface area (Å²) in [7, 11) is 1.51. The molecule has 0 spiro atoms. The van der Waals surface area contributed by atoms with Gasteiger partial charge in [-0.05, 0) is 17.7 Å². The van der Waals surface area contributed by atoms with Gasteiger partial charge in [-0.15, -0.1) is 0 Å². The molecule has 0 N–H and O–H groups in total. The topological polar surface area (TPSA) is 71.5 Å². The van der Waals surface area contributed by atoms with Crippen LogP contribution in [-0.2, 0) is 24.4 Å². The third-order valence-corrected chi connectivity index (χ3v) is 3.35. The van der Waals surface area contributed by atoms with Gasteiger partial charge in [0, 0.05) is 22.8 Å². The van der Waals surface area contributed by atoms with Crippen molar-refractivity contribution in [2.75, 3.05) is 4.90 Å². The van der Waals surface area contributed by atoms with Crippen molar-refractivity contribution in [1.82, 2.24) is 0 Å². The molecule has 5 nitrogen and oxygen atoms in total. The molecule has 1 heterocycles. The van der Waals surface area contributed by atoms with E-state index in [4.69, 9.17) is 10.7 Å². The molecule has 2 rings (SSSR count). The molecule has 0 fully saturated rings. The van der Waals surface area contributed by atoms with Crippen LogP contribution in [0.2, 0.25) is 0 Å². The number of carbonyl (C=O) groups excluding carboxylic acids is 2. The van der Waals surface area contributed by atoms with Gasteiger partial charge in [-0.1, -0.05) is 12.1 Å². The van der Waals surface area contributed by atoms with E-state index in [1.807, 2.05) is 0 Å². The molecule has 0 atom stereocenters. The van der Waals surface area contributed by atoms with Gasteiger partial charge in [0.05, 0.1) is 11.4 Å². The molecule has 1 aromatic carbocycles. The van der Waals surface area contributed by atoms with Crippen LogP contribution in [0.4, 0.5) is 5.69 Å². The second-order valence-corrected chi connectivity index (χ2v) is 6.47. The minimum atomic E-state index is -3.62. The number of amides is 2. The van der Waals surface area contributed by atoms with Crippen LogP contribution in [0.5, 0.6) is 0 Å². The van der Waals surface area contributed by atoms with E-state index in [1.165, 1.54) is 36.4 Å². The number of anilines is 1. The second kappa shape index (κ2) is 4.55. The van der Waals surface area contributed by atoms with Gasteiger partial charge in [0.1, 0.15) is 0 Å². The van der Waals surface area contributed by atoms with Crippen LogP contribution in [0.1, 0.15) is 5.56 Å². The summed E-state index contributed by atoms with van der Waals surface area (Å²) in [5.74, 6) is -1.13. The van der Waals surface area contributed by atoms with E-state index in [-0.39, 0.29) is 5.75 Å². The van der Waals surface area contributed by atoms with Gasteiger partial charge in [-0.25, -0.2) is 13.3 Å². The molecule has 0 aliphatic carbocycles. The third kappa shape index (κ3) is 2.77. The Morgan fingerprint density at radius 1 is 1.00 bits per heavy atom. The Kier molecular flexibility index (Phi) is 3.23. The molecule has 0 saturated carbocycles. The quantitative estimate of drug-likeness (QED) is 0.618. The maximum atomic E-state index is 11.4. The average molecular weight is 286 g/mol. The normalized spacial score (nSPS) is 15.5. The molecule has 7 heteroatoms. The highest BCUT2D eigenvalue weighted by Crippen LogP contribution is 2.20. The smallest absolute Gasteiger partial charge is 0.258 e. The number of nitrogens with zero attached hydrogens (tertiary/aromatic N) is 1. The first kappa shape index (κ1) is 12.8. The van der Waals surface area contributed by atoms with Crippen LogP contribution < -0.4 is 4.90 Å². The molecular weight excluding hydrogens is 278 g/mol. The van der Waals surface area contributed by atoms with Crippen LogP contribution in [-0.4, -0.2) is 20.2 Å². The van der Waals surface area contributed by atoms with Crippen LogP contribution in [0.25, 0.3) is 0 Å². The molecular formula is C11H8ClNO4S. The fourth-order valence-corrected chi connectivity index (χ4v) is 2.56. The molecule has 2 amide bonds. The van der Waals surface area contributed by atoms with Crippen molar-refractivity contribution < 1.29 is 18.0 Å². The lowest BCUT2D eigenvalue weighted by molar-refractivity contribution is -0.119. The monoisotopic (exact) mass is 285 g/mol. The average Bonchev–Trinajstić information content (AvgIpc) is 2.58. The van der Waals surface area contributed by atoms with Gasteiger partial charge in [0.25, 0.3) is 11.8 Å². The summed E-state index contributed by atoms with van der Waals surface area (Å²) in [5.41, 5.74) is 0.881. The van der Waals surface area contributed by atoms with E-state index in [2.05, 4.69) is 0 Å². The fraction of sp³-hybridized carbons (Fsp3) is 0.0909. The summed E-state index contributed by atoms with van der Waals surface area (Å²) >= 11 is 0. The Bertz CT molecular complexity index is 616. The molecule has 18 heavy (non-hydrogen) atoms. The summed E-state index contributed by atoms with van der Waals surface area (Å²) in [4.78, 5) is 23.8. The number of imide groups is 1. The van der Waals surface area contributed by atoms with E-state index >= 15 is 0 Å². The number of carbonyl (C=O) groups is 2. The largest absolute Gasteiger partial charge is 0.269 e.